The van der Waals surface area contributed by atoms with Crippen molar-refractivity contribution in [2.24, 2.45) is 17.3 Å². The maximum absolute atomic E-state index is 10.3. The molecule has 0 aromatic rings. The van der Waals surface area contributed by atoms with E-state index in [1.54, 1.807) is 0 Å². The largest absolute Gasteiger partial charge is 0.393 e. The molecule has 0 saturated heterocycles. The van der Waals surface area contributed by atoms with Crippen molar-refractivity contribution < 1.29 is 9.90 Å². The van der Waals surface area contributed by atoms with E-state index in [1.807, 2.05) is 13.8 Å². The Labute approximate surface area is 119 Å². The fraction of sp³-hybridized carbons (Fsp3) is 0.941. The van der Waals surface area contributed by atoms with Crippen LogP contribution in [0.5, 0.6) is 0 Å². The van der Waals surface area contributed by atoms with Crippen LogP contribution in [0.15, 0.2) is 0 Å². The first kappa shape index (κ1) is 16.7. The van der Waals surface area contributed by atoms with Gasteiger partial charge in [0, 0.05) is 6.42 Å². The van der Waals surface area contributed by atoms with Crippen LogP contribution in [-0.4, -0.2) is 17.5 Å². The molecule has 112 valence electrons. The summed E-state index contributed by atoms with van der Waals surface area (Å²) in [6.07, 6.45) is 11.2. The van der Waals surface area contributed by atoms with Gasteiger partial charge in [-0.05, 0) is 55.8 Å². The summed E-state index contributed by atoms with van der Waals surface area (Å²) in [5, 5.41) is 10.1. The molecule has 4 atom stereocenters. The molecule has 2 aliphatic carbocycles. The van der Waals surface area contributed by atoms with Crippen molar-refractivity contribution in [3.8, 4) is 0 Å². The zero-order valence-corrected chi connectivity index (χ0v) is 13.0. The van der Waals surface area contributed by atoms with Gasteiger partial charge in [0.15, 0.2) is 0 Å². The Bertz CT molecular complexity index is 264. The van der Waals surface area contributed by atoms with E-state index >= 15 is 0 Å². The average Bonchev–Trinajstić information content (AvgIpc) is 2.75. The van der Waals surface area contributed by atoms with E-state index in [9.17, 15) is 9.90 Å². The van der Waals surface area contributed by atoms with Crippen LogP contribution < -0.4 is 0 Å². The van der Waals surface area contributed by atoms with E-state index in [1.165, 1.54) is 38.5 Å². The molecule has 2 heteroatoms. The van der Waals surface area contributed by atoms with Crippen molar-refractivity contribution in [3.63, 3.8) is 0 Å². The lowest BCUT2D eigenvalue weighted by atomic mass is 9.63. The summed E-state index contributed by atoms with van der Waals surface area (Å²) < 4.78 is 0. The van der Waals surface area contributed by atoms with Gasteiger partial charge in [0.25, 0.3) is 0 Å². The third-order valence-corrected chi connectivity index (χ3v) is 5.41. The number of aliphatic hydroxyl groups excluding tert-OH is 1. The fourth-order valence-corrected chi connectivity index (χ4v) is 4.35. The number of carbonyl (C=O) groups excluding carboxylic acids is 1. The van der Waals surface area contributed by atoms with E-state index in [-0.39, 0.29) is 6.10 Å². The maximum Gasteiger partial charge on any atom is 0.119 e. The van der Waals surface area contributed by atoms with Gasteiger partial charge in [-0.2, -0.15) is 0 Å². The first-order chi connectivity index (χ1) is 9.18. The van der Waals surface area contributed by atoms with E-state index < -0.39 is 0 Å². The third-order valence-electron chi connectivity index (χ3n) is 5.41. The first-order valence-corrected chi connectivity index (χ1v) is 8.30. The van der Waals surface area contributed by atoms with Crippen LogP contribution in [-0.2, 0) is 4.79 Å². The summed E-state index contributed by atoms with van der Waals surface area (Å²) in [7, 11) is 0. The number of rotatable bonds is 5. The molecule has 0 aromatic carbocycles. The van der Waals surface area contributed by atoms with Crippen LogP contribution in [0.1, 0.15) is 78.6 Å². The fourth-order valence-electron chi connectivity index (χ4n) is 4.35. The molecule has 1 N–H and O–H groups in total. The van der Waals surface area contributed by atoms with Gasteiger partial charge in [-0.15, -0.1) is 0 Å². The summed E-state index contributed by atoms with van der Waals surface area (Å²) in [5.74, 6) is 1.33. The molecule has 2 fully saturated rings. The van der Waals surface area contributed by atoms with Crippen LogP contribution in [0.3, 0.4) is 0 Å². The lowest BCUT2D eigenvalue weighted by Gasteiger charge is -2.43. The molecule has 0 amide bonds. The molecule has 0 bridgehead atoms. The van der Waals surface area contributed by atoms with Crippen molar-refractivity contribution in [1.82, 2.24) is 0 Å². The minimum atomic E-state index is -0.0475. The lowest BCUT2D eigenvalue weighted by Crippen LogP contribution is -2.39. The highest BCUT2D eigenvalue weighted by Gasteiger charge is 2.50. The molecular formula is C17H32O2. The van der Waals surface area contributed by atoms with Gasteiger partial charge in [-0.1, -0.05) is 33.6 Å². The van der Waals surface area contributed by atoms with Crippen molar-refractivity contribution in [3.05, 3.63) is 0 Å². The Morgan fingerprint density at radius 2 is 1.95 bits per heavy atom. The van der Waals surface area contributed by atoms with E-state index in [4.69, 9.17) is 0 Å². The van der Waals surface area contributed by atoms with Crippen LogP contribution in [0, 0.1) is 17.3 Å². The van der Waals surface area contributed by atoms with Crippen molar-refractivity contribution in [2.75, 3.05) is 0 Å². The summed E-state index contributed by atoms with van der Waals surface area (Å²) in [5.41, 5.74) is 0.388. The number of aldehydes is 1. The van der Waals surface area contributed by atoms with Crippen LogP contribution >= 0.6 is 0 Å². The van der Waals surface area contributed by atoms with Gasteiger partial charge in [-0.25, -0.2) is 0 Å². The van der Waals surface area contributed by atoms with Crippen molar-refractivity contribution in [1.29, 1.82) is 0 Å². The highest BCUT2D eigenvalue weighted by Crippen LogP contribution is 2.56. The summed E-state index contributed by atoms with van der Waals surface area (Å²) in [6.45, 7) is 6.40. The summed E-state index contributed by atoms with van der Waals surface area (Å²) >= 11 is 0. The molecule has 2 rings (SSSR count). The smallest absolute Gasteiger partial charge is 0.119 e. The Hall–Kier alpha value is -0.370. The normalized spacial score (nSPS) is 37.2. The first-order valence-electron chi connectivity index (χ1n) is 8.30. The Kier molecular flexibility index (Phi) is 7.06. The van der Waals surface area contributed by atoms with E-state index in [0.29, 0.717) is 11.3 Å². The predicted octanol–water partition coefficient (Wildman–Crippen LogP) is 4.35. The SMILES string of the molecule is CC.CC12CCCC(O)[C@@H]1CCC2CCCCC=O. The van der Waals surface area contributed by atoms with Crippen LogP contribution in [0.2, 0.25) is 0 Å². The number of hydrogen-bond acceptors (Lipinski definition) is 2. The van der Waals surface area contributed by atoms with E-state index in [2.05, 4.69) is 6.92 Å². The molecule has 0 aliphatic heterocycles. The second-order valence-corrected chi connectivity index (χ2v) is 6.30. The standard InChI is InChI=1S/C15H26O2.C2H6/c1-15-10-5-7-14(17)13(15)9-8-12(15)6-3-2-4-11-16;1-2/h11-14,17H,2-10H2,1H3;1-2H3/t12?,13-,14?,15?;/m0./s1. The zero-order valence-electron chi connectivity index (χ0n) is 13.0. The minimum Gasteiger partial charge on any atom is -0.393 e. The lowest BCUT2D eigenvalue weighted by molar-refractivity contribution is -0.107. The predicted molar refractivity (Wildman–Crippen MR) is 80.1 cm³/mol. The molecular weight excluding hydrogens is 236 g/mol. The maximum atomic E-state index is 10.3. The Morgan fingerprint density at radius 1 is 1.21 bits per heavy atom. The Balaban J connectivity index is 0.000000861. The highest BCUT2D eigenvalue weighted by molar-refractivity contribution is 5.48. The second-order valence-electron chi connectivity index (χ2n) is 6.30. The topological polar surface area (TPSA) is 37.3 Å². The molecule has 2 nitrogen and oxygen atoms in total. The molecule has 3 unspecified atom stereocenters. The number of fused-ring (bicyclic) bond motifs is 1. The average molecular weight is 268 g/mol. The molecule has 0 radical (unpaired) electrons. The molecule has 2 saturated carbocycles. The third kappa shape index (κ3) is 3.81. The Morgan fingerprint density at radius 3 is 2.63 bits per heavy atom. The van der Waals surface area contributed by atoms with Gasteiger partial charge in [0.05, 0.1) is 6.10 Å². The van der Waals surface area contributed by atoms with Gasteiger partial charge in [0.2, 0.25) is 0 Å². The van der Waals surface area contributed by atoms with Gasteiger partial charge in [0.1, 0.15) is 6.29 Å². The summed E-state index contributed by atoms with van der Waals surface area (Å²) in [6, 6.07) is 0. The van der Waals surface area contributed by atoms with Crippen molar-refractivity contribution in [2.45, 2.75) is 84.7 Å². The quantitative estimate of drug-likeness (QED) is 0.594. The second kappa shape index (κ2) is 8.04. The molecule has 19 heavy (non-hydrogen) atoms. The van der Waals surface area contributed by atoms with Gasteiger partial charge < -0.3 is 9.90 Å². The monoisotopic (exact) mass is 268 g/mol. The van der Waals surface area contributed by atoms with Gasteiger partial charge >= 0.3 is 0 Å². The molecule has 0 aromatic heterocycles. The van der Waals surface area contributed by atoms with Gasteiger partial charge in [-0.3, -0.25) is 0 Å². The van der Waals surface area contributed by atoms with E-state index in [0.717, 1.165) is 31.5 Å². The highest BCUT2D eigenvalue weighted by atomic mass is 16.3. The number of aliphatic hydroxyl groups is 1. The molecule has 0 heterocycles. The molecule has 0 spiro atoms. The number of carbonyl (C=O) groups is 1. The summed E-state index contributed by atoms with van der Waals surface area (Å²) in [4.78, 5) is 10.3. The van der Waals surface area contributed by atoms with Crippen LogP contribution in [0.4, 0.5) is 0 Å². The van der Waals surface area contributed by atoms with Crippen molar-refractivity contribution >= 4 is 6.29 Å². The zero-order chi connectivity index (χ0) is 14.3. The molecule has 2 aliphatic rings. The number of hydrogen-bond donors (Lipinski definition) is 1. The van der Waals surface area contributed by atoms with Crippen LogP contribution in [0.25, 0.3) is 0 Å². The number of unbranched alkanes of at least 4 members (excludes halogenated alkanes) is 2. The minimum absolute atomic E-state index is 0.0475.